The number of aryl methyl sites for hydroxylation is 1. The summed E-state index contributed by atoms with van der Waals surface area (Å²) in [5, 5.41) is 9.40. The Kier molecular flexibility index (Phi) is 6.71. The molecule has 3 heterocycles. The predicted octanol–water partition coefficient (Wildman–Crippen LogP) is 5.18. The number of nitrogens with zero attached hydrogens (tertiary/aromatic N) is 4. The molecule has 1 saturated carbocycles. The first-order chi connectivity index (χ1) is 17.9. The fourth-order valence-corrected chi connectivity index (χ4v) is 6.02. The molecule has 202 valence electrons. The molecule has 15 heteroatoms. The highest BCUT2D eigenvalue weighted by Crippen LogP contribution is 2.47. The number of carbonyl (C=O) groups excluding carboxylic acids is 2. The molecule has 0 bridgehead atoms. The van der Waals surface area contributed by atoms with Gasteiger partial charge < -0.3 is 16.0 Å². The number of thiazole rings is 1. The van der Waals surface area contributed by atoms with Crippen LogP contribution in [0.5, 0.6) is 0 Å². The highest BCUT2D eigenvalue weighted by molar-refractivity contribution is 7.15. The van der Waals surface area contributed by atoms with Crippen LogP contribution in [0, 0.1) is 17.7 Å². The van der Waals surface area contributed by atoms with E-state index in [9.17, 15) is 27.2 Å². The minimum atomic E-state index is -4.52. The fourth-order valence-electron chi connectivity index (χ4n) is 5.17. The van der Waals surface area contributed by atoms with Gasteiger partial charge in [0.15, 0.2) is 5.13 Å². The molecule has 2 aromatic heterocycles. The Morgan fingerprint density at radius 3 is 2.47 bits per heavy atom. The standard InChI is InChI=1S/C23H22ClF4N7O2S/c1-34-19(29)17(20(36)31-13-2-3-15(25)14(24)6-13)18(33-34)10-4-11-8-35(9-12(11)5-10)22(37)32-21-30-7-16(38-21)23(26,27)28/h2-3,6-7,10-12H,4-5,8-9,29H2,1H3,(H,31,36)(H,30,32,37). The van der Waals surface area contributed by atoms with Gasteiger partial charge in [-0.3, -0.25) is 14.8 Å². The second-order valence-electron chi connectivity index (χ2n) is 9.40. The summed E-state index contributed by atoms with van der Waals surface area (Å²) in [6.45, 7) is 0.838. The molecule has 9 nitrogen and oxygen atoms in total. The van der Waals surface area contributed by atoms with Crippen LogP contribution in [0.15, 0.2) is 24.4 Å². The third kappa shape index (κ3) is 5.01. The molecule has 3 aromatic rings. The van der Waals surface area contributed by atoms with Crippen molar-refractivity contribution in [3.05, 3.63) is 51.4 Å². The summed E-state index contributed by atoms with van der Waals surface area (Å²) in [6, 6.07) is 3.34. The number of likely N-dealkylation sites (tertiary alicyclic amines) is 1. The van der Waals surface area contributed by atoms with Gasteiger partial charge in [-0.05, 0) is 42.9 Å². The minimum Gasteiger partial charge on any atom is -0.383 e. The zero-order chi connectivity index (χ0) is 27.4. The van der Waals surface area contributed by atoms with Crippen LogP contribution in [-0.4, -0.2) is 44.7 Å². The molecule has 3 amide bonds. The number of nitrogen functional groups attached to an aromatic ring is 1. The van der Waals surface area contributed by atoms with Crippen molar-refractivity contribution in [2.24, 2.45) is 18.9 Å². The molecular weight excluding hydrogens is 550 g/mol. The van der Waals surface area contributed by atoms with Crippen molar-refractivity contribution in [1.29, 1.82) is 0 Å². The number of aromatic nitrogens is 3. The summed E-state index contributed by atoms with van der Waals surface area (Å²) in [6.07, 6.45) is -2.51. The number of urea groups is 1. The lowest BCUT2D eigenvalue weighted by Crippen LogP contribution is -2.33. The normalized spacial score (nSPS) is 21.0. The van der Waals surface area contributed by atoms with E-state index >= 15 is 0 Å². The monoisotopic (exact) mass is 571 g/mol. The van der Waals surface area contributed by atoms with E-state index in [1.165, 1.54) is 16.8 Å². The number of anilines is 3. The average molecular weight is 572 g/mol. The average Bonchev–Trinajstić information content (AvgIpc) is 3.59. The minimum absolute atomic E-state index is 0.0791. The fraction of sp³-hybridized carbons (Fsp3) is 0.391. The maximum atomic E-state index is 13.5. The molecule has 5 rings (SSSR count). The number of amides is 3. The summed E-state index contributed by atoms with van der Waals surface area (Å²) in [7, 11) is 1.63. The summed E-state index contributed by atoms with van der Waals surface area (Å²) >= 11 is 6.19. The zero-order valence-electron chi connectivity index (χ0n) is 19.9. The second kappa shape index (κ2) is 9.73. The van der Waals surface area contributed by atoms with Crippen LogP contribution in [0.3, 0.4) is 0 Å². The van der Waals surface area contributed by atoms with Crippen LogP contribution in [-0.2, 0) is 13.2 Å². The van der Waals surface area contributed by atoms with Crippen molar-refractivity contribution < 1.29 is 27.2 Å². The van der Waals surface area contributed by atoms with Gasteiger partial charge in [0.05, 0.1) is 16.9 Å². The number of nitrogens with one attached hydrogen (secondary N) is 2. The Labute approximate surface area is 223 Å². The van der Waals surface area contributed by atoms with Crippen LogP contribution >= 0.6 is 22.9 Å². The molecule has 4 N–H and O–H groups in total. The molecule has 2 atom stereocenters. The van der Waals surface area contributed by atoms with E-state index in [0.29, 0.717) is 54.8 Å². The molecule has 1 aromatic carbocycles. The Balaban J connectivity index is 1.24. The van der Waals surface area contributed by atoms with E-state index in [4.69, 9.17) is 17.3 Å². The van der Waals surface area contributed by atoms with Gasteiger partial charge in [-0.1, -0.05) is 22.9 Å². The van der Waals surface area contributed by atoms with Crippen molar-refractivity contribution in [3.63, 3.8) is 0 Å². The number of fused-ring (bicyclic) bond motifs is 1. The number of hydrogen-bond acceptors (Lipinski definition) is 6. The molecule has 38 heavy (non-hydrogen) atoms. The molecule has 2 unspecified atom stereocenters. The number of rotatable bonds is 4. The van der Waals surface area contributed by atoms with Gasteiger partial charge in [0.2, 0.25) is 0 Å². The van der Waals surface area contributed by atoms with Crippen molar-refractivity contribution in [2.75, 3.05) is 29.5 Å². The Morgan fingerprint density at radius 1 is 1.18 bits per heavy atom. The third-order valence-electron chi connectivity index (χ3n) is 6.95. The first kappa shape index (κ1) is 26.2. The van der Waals surface area contributed by atoms with Gasteiger partial charge in [0.1, 0.15) is 22.1 Å². The SMILES string of the molecule is Cn1nc(C2CC3CN(C(=O)Nc4ncc(C(F)(F)F)s4)CC3C2)c(C(=O)Nc2ccc(F)c(Cl)c2)c1N. The predicted molar refractivity (Wildman–Crippen MR) is 134 cm³/mol. The van der Waals surface area contributed by atoms with Crippen LogP contribution in [0.1, 0.15) is 39.7 Å². The first-order valence-electron chi connectivity index (χ1n) is 11.6. The van der Waals surface area contributed by atoms with Crippen molar-refractivity contribution in [3.8, 4) is 0 Å². The molecule has 0 spiro atoms. The summed E-state index contributed by atoms with van der Waals surface area (Å²) in [5.74, 6) is -0.738. The molecule has 0 radical (unpaired) electrons. The van der Waals surface area contributed by atoms with Gasteiger partial charge in [-0.15, -0.1) is 0 Å². The number of carbonyl (C=O) groups is 2. The van der Waals surface area contributed by atoms with Crippen LogP contribution < -0.4 is 16.4 Å². The van der Waals surface area contributed by atoms with Crippen molar-refractivity contribution in [1.82, 2.24) is 19.7 Å². The summed E-state index contributed by atoms with van der Waals surface area (Å²) in [5.41, 5.74) is 7.26. The molecule has 2 aliphatic rings. The quantitative estimate of drug-likeness (QED) is 0.373. The smallest absolute Gasteiger partial charge is 0.383 e. The van der Waals surface area contributed by atoms with E-state index in [1.54, 1.807) is 11.9 Å². The Morgan fingerprint density at radius 2 is 1.87 bits per heavy atom. The number of halogens is 5. The number of nitrogens with two attached hydrogens (primary N) is 1. The Bertz CT molecular complexity index is 1390. The molecule has 2 fully saturated rings. The highest BCUT2D eigenvalue weighted by atomic mass is 35.5. The third-order valence-corrected chi connectivity index (χ3v) is 8.19. The molecule has 1 saturated heterocycles. The van der Waals surface area contributed by atoms with Crippen molar-refractivity contribution >= 4 is 51.5 Å². The Hall–Kier alpha value is -3.39. The van der Waals surface area contributed by atoms with E-state index in [-0.39, 0.29) is 39.3 Å². The highest BCUT2D eigenvalue weighted by Gasteiger charge is 2.45. The van der Waals surface area contributed by atoms with E-state index in [2.05, 4.69) is 20.7 Å². The number of alkyl halides is 3. The lowest BCUT2D eigenvalue weighted by Gasteiger charge is -2.19. The molecule has 1 aliphatic carbocycles. The second-order valence-corrected chi connectivity index (χ2v) is 10.8. The van der Waals surface area contributed by atoms with Gasteiger partial charge in [-0.25, -0.2) is 14.2 Å². The van der Waals surface area contributed by atoms with E-state index in [1.807, 2.05) is 0 Å². The van der Waals surface area contributed by atoms with Crippen LogP contribution in [0.4, 0.5) is 39.0 Å². The van der Waals surface area contributed by atoms with Crippen LogP contribution in [0.25, 0.3) is 0 Å². The van der Waals surface area contributed by atoms with Gasteiger partial charge in [0, 0.05) is 31.7 Å². The lowest BCUT2D eigenvalue weighted by atomic mass is 9.97. The lowest BCUT2D eigenvalue weighted by molar-refractivity contribution is -0.134. The topological polar surface area (TPSA) is 118 Å². The molecule has 1 aliphatic heterocycles. The summed E-state index contributed by atoms with van der Waals surface area (Å²) < 4.78 is 53.3. The van der Waals surface area contributed by atoms with Crippen molar-refractivity contribution in [2.45, 2.75) is 24.9 Å². The van der Waals surface area contributed by atoms with Gasteiger partial charge in [-0.2, -0.15) is 18.3 Å². The maximum absolute atomic E-state index is 13.5. The maximum Gasteiger partial charge on any atom is 0.427 e. The van der Waals surface area contributed by atoms with Crippen LogP contribution in [0.2, 0.25) is 5.02 Å². The molecular formula is C23H22ClF4N7O2S. The van der Waals surface area contributed by atoms with Gasteiger partial charge >= 0.3 is 12.2 Å². The number of hydrogen-bond donors (Lipinski definition) is 3. The number of benzene rings is 1. The first-order valence-corrected chi connectivity index (χ1v) is 12.8. The van der Waals surface area contributed by atoms with Gasteiger partial charge in [0.25, 0.3) is 5.91 Å². The largest absolute Gasteiger partial charge is 0.427 e. The zero-order valence-corrected chi connectivity index (χ0v) is 21.4. The summed E-state index contributed by atoms with van der Waals surface area (Å²) in [4.78, 5) is 30.1. The van der Waals surface area contributed by atoms with E-state index < -0.39 is 28.8 Å². The van der Waals surface area contributed by atoms with E-state index in [0.717, 1.165) is 6.07 Å².